The van der Waals surface area contributed by atoms with Crippen LogP contribution in [0.1, 0.15) is 52.4 Å². The third kappa shape index (κ3) is 3.67. The molecule has 0 saturated carbocycles. The van der Waals surface area contributed by atoms with Crippen LogP contribution in [0.25, 0.3) is 0 Å². The maximum atomic E-state index is 12.3. The van der Waals surface area contributed by atoms with E-state index in [0.29, 0.717) is 0 Å². The molecule has 1 atom stereocenters. The smallest absolute Gasteiger partial charge is 0.266 e. The topological polar surface area (TPSA) is 54.4 Å². The number of hydrazone groups is 1. The van der Waals surface area contributed by atoms with Crippen molar-refractivity contribution in [3.8, 4) is 0 Å². The summed E-state index contributed by atoms with van der Waals surface area (Å²) >= 11 is 1.61. The second-order valence-corrected chi connectivity index (χ2v) is 7.09. The van der Waals surface area contributed by atoms with Gasteiger partial charge in [-0.15, -0.1) is 11.3 Å². The molecule has 23 heavy (non-hydrogen) atoms. The fourth-order valence-electron chi connectivity index (χ4n) is 2.89. The summed E-state index contributed by atoms with van der Waals surface area (Å²) in [6.45, 7) is 4.11. The van der Waals surface area contributed by atoms with E-state index in [4.69, 9.17) is 0 Å². The lowest BCUT2D eigenvalue weighted by Gasteiger charge is -2.19. The summed E-state index contributed by atoms with van der Waals surface area (Å²) < 4.78 is 0. The predicted octanol–water partition coefficient (Wildman–Crippen LogP) is 3.81. The monoisotopic (exact) mass is 327 g/mol. The lowest BCUT2D eigenvalue weighted by Crippen LogP contribution is -2.18. The quantitative estimate of drug-likeness (QED) is 0.686. The summed E-state index contributed by atoms with van der Waals surface area (Å²) in [5, 5.41) is 4.19. The Kier molecular flexibility index (Phi) is 4.86. The lowest BCUT2D eigenvalue weighted by atomic mass is 9.87. The number of nitrogens with zero attached hydrogens (tertiary/aromatic N) is 2. The third-order valence-electron chi connectivity index (χ3n) is 4.39. The zero-order valence-corrected chi connectivity index (χ0v) is 14.3. The number of aromatic nitrogens is 1. The highest BCUT2D eigenvalue weighted by Crippen LogP contribution is 2.33. The Labute approximate surface area is 140 Å². The SMILES string of the molecule is CCC1CCc2sc(C(=O)N/N=C(\C)c3cccnc3)cc2C1. The Bertz CT molecular complexity index is 721. The van der Waals surface area contributed by atoms with Gasteiger partial charge >= 0.3 is 0 Å². The fraction of sp³-hybridized carbons (Fsp3) is 0.389. The van der Waals surface area contributed by atoms with Gasteiger partial charge < -0.3 is 0 Å². The van der Waals surface area contributed by atoms with Gasteiger partial charge in [0.1, 0.15) is 0 Å². The molecule has 0 spiro atoms. The number of nitrogens with one attached hydrogen (secondary N) is 1. The van der Waals surface area contributed by atoms with E-state index in [1.54, 1.807) is 23.7 Å². The molecule has 3 rings (SSSR count). The molecule has 0 saturated heterocycles. The van der Waals surface area contributed by atoms with Gasteiger partial charge in [-0.3, -0.25) is 9.78 Å². The highest BCUT2D eigenvalue weighted by Gasteiger charge is 2.21. The van der Waals surface area contributed by atoms with E-state index in [2.05, 4.69) is 22.4 Å². The molecular formula is C18H21N3OS. The van der Waals surface area contributed by atoms with Crippen LogP contribution in [-0.2, 0) is 12.8 Å². The van der Waals surface area contributed by atoms with Crippen molar-refractivity contribution in [2.45, 2.75) is 39.5 Å². The van der Waals surface area contributed by atoms with Gasteiger partial charge in [0.15, 0.2) is 0 Å². The molecule has 4 nitrogen and oxygen atoms in total. The van der Waals surface area contributed by atoms with Gasteiger partial charge in [0.05, 0.1) is 10.6 Å². The first kappa shape index (κ1) is 15.9. The maximum absolute atomic E-state index is 12.3. The van der Waals surface area contributed by atoms with Crippen molar-refractivity contribution in [1.82, 2.24) is 10.4 Å². The van der Waals surface area contributed by atoms with Crippen molar-refractivity contribution < 1.29 is 4.79 Å². The van der Waals surface area contributed by atoms with Crippen LogP contribution in [-0.4, -0.2) is 16.6 Å². The first-order valence-electron chi connectivity index (χ1n) is 8.04. The van der Waals surface area contributed by atoms with E-state index in [1.807, 2.05) is 25.1 Å². The summed E-state index contributed by atoms with van der Waals surface area (Å²) in [6.07, 6.45) is 8.11. The Hall–Kier alpha value is -2.01. The van der Waals surface area contributed by atoms with Crippen LogP contribution in [0.15, 0.2) is 35.7 Å². The van der Waals surface area contributed by atoms with Crippen LogP contribution in [0.5, 0.6) is 0 Å². The number of fused-ring (bicyclic) bond motifs is 1. The number of pyridine rings is 1. The number of carbonyl (C=O) groups is 1. The average molecular weight is 327 g/mol. The molecular weight excluding hydrogens is 306 g/mol. The standard InChI is InChI=1S/C18H21N3OS/c1-3-13-6-7-16-15(9-13)10-17(23-16)18(22)21-20-12(2)14-5-4-8-19-11-14/h4-5,8,10-11,13H,3,6-7,9H2,1-2H3,(H,21,22)/b20-12+. The Morgan fingerprint density at radius 1 is 1.52 bits per heavy atom. The highest BCUT2D eigenvalue weighted by molar-refractivity contribution is 7.14. The molecule has 2 heterocycles. The highest BCUT2D eigenvalue weighted by atomic mass is 32.1. The largest absolute Gasteiger partial charge is 0.281 e. The number of aryl methyl sites for hydroxylation is 1. The minimum absolute atomic E-state index is 0.124. The molecule has 5 heteroatoms. The molecule has 0 aliphatic heterocycles. The molecule has 2 aromatic rings. The molecule has 1 amide bonds. The van der Waals surface area contributed by atoms with E-state index in [-0.39, 0.29) is 5.91 Å². The summed E-state index contributed by atoms with van der Waals surface area (Å²) in [5.74, 6) is 0.638. The molecule has 1 aliphatic carbocycles. The van der Waals surface area contributed by atoms with E-state index in [0.717, 1.165) is 34.9 Å². The zero-order valence-electron chi connectivity index (χ0n) is 13.5. The van der Waals surface area contributed by atoms with Crippen molar-refractivity contribution in [3.63, 3.8) is 0 Å². The normalized spacial score (nSPS) is 17.7. The van der Waals surface area contributed by atoms with Crippen molar-refractivity contribution in [2.75, 3.05) is 0 Å². The van der Waals surface area contributed by atoms with Crippen molar-refractivity contribution >= 4 is 23.0 Å². The molecule has 0 radical (unpaired) electrons. The fourth-order valence-corrected chi connectivity index (χ4v) is 3.99. The van der Waals surface area contributed by atoms with Gasteiger partial charge in [0, 0.05) is 22.8 Å². The van der Waals surface area contributed by atoms with Crippen LogP contribution in [0.2, 0.25) is 0 Å². The number of thiophene rings is 1. The number of hydrogen-bond acceptors (Lipinski definition) is 4. The van der Waals surface area contributed by atoms with E-state index >= 15 is 0 Å². The maximum Gasteiger partial charge on any atom is 0.281 e. The summed E-state index contributed by atoms with van der Waals surface area (Å²) in [6, 6.07) is 5.83. The summed E-state index contributed by atoms with van der Waals surface area (Å²) in [4.78, 5) is 18.5. The van der Waals surface area contributed by atoms with Gasteiger partial charge in [0.2, 0.25) is 0 Å². The molecule has 120 valence electrons. The van der Waals surface area contributed by atoms with Crippen LogP contribution < -0.4 is 5.43 Å². The molecule has 1 unspecified atom stereocenters. The van der Waals surface area contributed by atoms with E-state index < -0.39 is 0 Å². The number of amides is 1. The number of rotatable bonds is 4. The lowest BCUT2D eigenvalue weighted by molar-refractivity contribution is 0.0959. The summed E-state index contributed by atoms with van der Waals surface area (Å²) in [5.41, 5.74) is 5.67. The van der Waals surface area contributed by atoms with Crippen molar-refractivity contribution in [3.05, 3.63) is 51.5 Å². The second kappa shape index (κ2) is 7.04. The second-order valence-electron chi connectivity index (χ2n) is 5.96. The third-order valence-corrected chi connectivity index (χ3v) is 5.63. The first-order valence-corrected chi connectivity index (χ1v) is 8.85. The molecule has 1 N–H and O–H groups in total. The van der Waals surface area contributed by atoms with Gasteiger partial charge in [-0.05, 0) is 49.8 Å². The molecule has 1 aliphatic rings. The zero-order chi connectivity index (χ0) is 16.2. The van der Waals surface area contributed by atoms with Gasteiger partial charge in [0.25, 0.3) is 5.91 Å². The van der Waals surface area contributed by atoms with Crippen LogP contribution in [0, 0.1) is 5.92 Å². The molecule has 0 bridgehead atoms. The Morgan fingerprint density at radius 3 is 3.13 bits per heavy atom. The minimum Gasteiger partial charge on any atom is -0.266 e. The van der Waals surface area contributed by atoms with E-state index in [9.17, 15) is 4.79 Å². The minimum atomic E-state index is -0.124. The van der Waals surface area contributed by atoms with Gasteiger partial charge in [-0.2, -0.15) is 5.10 Å². The van der Waals surface area contributed by atoms with E-state index in [1.165, 1.54) is 23.3 Å². The number of hydrogen-bond donors (Lipinski definition) is 1. The van der Waals surface area contributed by atoms with Gasteiger partial charge in [-0.25, -0.2) is 5.43 Å². The molecule has 0 fully saturated rings. The molecule has 2 aromatic heterocycles. The van der Waals surface area contributed by atoms with Crippen LogP contribution in [0.3, 0.4) is 0 Å². The first-order chi connectivity index (χ1) is 11.2. The van der Waals surface area contributed by atoms with Crippen LogP contribution in [0.4, 0.5) is 0 Å². The van der Waals surface area contributed by atoms with Crippen molar-refractivity contribution in [1.29, 1.82) is 0 Å². The summed E-state index contributed by atoms with van der Waals surface area (Å²) in [7, 11) is 0. The Morgan fingerprint density at radius 2 is 2.39 bits per heavy atom. The number of carbonyl (C=O) groups excluding carboxylic acids is 1. The predicted molar refractivity (Wildman–Crippen MR) is 94.0 cm³/mol. The average Bonchev–Trinajstić information content (AvgIpc) is 3.03. The van der Waals surface area contributed by atoms with Crippen molar-refractivity contribution in [2.24, 2.45) is 11.0 Å². The van der Waals surface area contributed by atoms with Gasteiger partial charge in [-0.1, -0.05) is 19.4 Å². The van der Waals surface area contributed by atoms with Crippen LogP contribution >= 0.6 is 11.3 Å². The molecule has 0 aromatic carbocycles. The Balaban J connectivity index is 1.69.